The second-order valence-corrected chi connectivity index (χ2v) is 6.21. The molecule has 0 radical (unpaired) electrons. The minimum Gasteiger partial charge on any atom is -0.495 e. The van der Waals surface area contributed by atoms with Gasteiger partial charge in [-0.1, -0.05) is 32.8 Å². The van der Waals surface area contributed by atoms with E-state index in [0.29, 0.717) is 5.92 Å². The summed E-state index contributed by atoms with van der Waals surface area (Å²) in [5, 5.41) is -0.0351. The SMILES string of the molecule is CCCC(CCC)C(Cl)c1ccc(OC)c(Br)c1OC. The molecular formula is C16H24BrClO2. The zero-order valence-corrected chi connectivity index (χ0v) is 15.1. The molecule has 1 aromatic carbocycles. The fourth-order valence-corrected chi connectivity index (χ4v) is 3.68. The topological polar surface area (TPSA) is 18.5 Å². The molecule has 1 atom stereocenters. The lowest BCUT2D eigenvalue weighted by Gasteiger charge is -2.24. The fraction of sp³-hybridized carbons (Fsp3) is 0.625. The molecule has 0 spiro atoms. The van der Waals surface area contributed by atoms with Crippen molar-refractivity contribution in [2.45, 2.75) is 44.9 Å². The summed E-state index contributed by atoms with van der Waals surface area (Å²) < 4.78 is 11.7. The Hall–Kier alpha value is -0.410. The molecule has 114 valence electrons. The molecule has 0 amide bonds. The number of rotatable bonds is 8. The molecule has 1 rings (SSSR count). The molecule has 0 aliphatic heterocycles. The first-order chi connectivity index (χ1) is 9.60. The van der Waals surface area contributed by atoms with Gasteiger partial charge in [0.25, 0.3) is 0 Å². The van der Waals surface area contributed by atoms with E-state index in [0.717, 1.165) is 47.2 Å². The van der Waals surface area contributed by atoms with E-state index in [2.05, 4.69) is 29.8 Å². The second kappa shape index (κ2) is 8.78. The zero-order chi connectivity index (χ0) is 15.1. The highest BCUT2D eigenvalue weighted by Gasteiger charge is 2.25. The molecule has 0 saturated heterocycles. The molecule has 1 unspecified atom stereocenters. The van der Waals surface area contributed by atoms with E-state index < -0.39 is 0 Å². The normalized spacial score (nSPS) is 12.6. The van der Waals surface area contributed by atoms with Crippen molar-refractivity contribution in [3.05, 3.63) is 22.2 Å². The number of alkyl halides is 1. The number of methoxy groups -OCH3 is 2. The van der Waals surface area contributed by atoms with Crippen LogP contribution in [0.2, 0.25) is 0 Å². The Balaban J connectivity index is 3.13. The van der Waals surface area contributed by atoms with Crippen LogP contribution in [0.1, 0.15) is 50.5 Å². The summed E-state index contributed by atoms with van der Waals surface area (Å²) in [4.78, 5) is 0. The van der Waals surface area contributed by atoms with Crippen LogP contribution < -0.4 is 9.47 Å². The second-order valence-electron chi connectivity index (χ2n) is 4.94. The largest absolute Gasteiger partial charge is 0.495 e. The molecule has 4 heteroatoms. The van der Waals surface area contributed by atoms with E-state index in [1.54, 1.807) is 14.2 Å². The number of ether oxygens (including phenoxy) is 2. The zero-order valence-electron chi connectivity index (χ0n) is 12.7. The summed E-state index contributed by atoms with van der Waals surface area (Å²) in [5.74, 6) is 2.01. The third-order valence-corrected chi connectivity index (χ3v) is 4.89. The monoisotopic (exact) mass is 362 g/mol. The number of hydrogen-bond donors (Lipinski definition) is 0. The van der Waals surface area contributed by atoms with Crippen molar-refractivity contribution in [3.63, 3.8) is 0 Å². The summed E-state index contributed by atoms with van der Waals surface area (Å²) in [6, 6.07) is 3.95. The summed E-state index contributed by atoms with van der Waals surface area (Å²) in [6.45, 7) is 4.40. The first-order valence-corrected chi connectivity index (χ1v) is 8.37. The molecule has 0 N–H and O–H groups in total. The molecule has 0 aliphatic carbocycles. The van der Waals surface area contributed by atoms with Crippen molar-refractivity contribution in [2.75, 3.05) is 14.2 Å². The molecule has 2 nitrogen and oxygen atoms in total. The van der Waals surface area contributed by atoms with Crippen molar-refractivity contribution in [1.82, 2.24) is 0 Å². The van der Waals surface area contributed by atoms with Crippen LogP contribution in [0.15, 0.2) is 16.6 Å². The minimum atomic E-state index is -0.0351. The molecule has 0 aromatic heterocycles. The number of benzene rings is 1. The minimum absolute atomic E-state index is 0.0351. The van der Waals surface area contributed by atoms with Crippen LogP contribution in [0, 0.1) is 5.92 Å². The van der Waals surface area contributed by atoms with E-state index in [1.807, 2.05) is 12.1 Å². The van der Waals surface area contributed by atoms with Gasteiger partial charge >= 0.3 is 0 Å². The van der Waals surface area contributed by atoms with Crippen LogP contribution in [-0.2, 0) is 0 Å². The van der Waals surface area contributed by atoms with Crippen molar-refractivity contribution < 1.29 is 9.47 Å². The van der Waals surface area contributed by atoms with Crippen molar-refractivity contribution in [2.24, 2.45) is 5.92 Å². The standard InChI is InChI=1S/C16H24BrClO2/c1-5-7-11(8-6-2)15(18)12-9-10-13(19-3)14(17)16(12)20-4/h9-11,15H,5-8H2,1-4H3. The molecule has 0 heterocycles. The molecule has 1 aromatic rings. The van der Waals surface area contributed by atoms with Crippen LogP contribution in [0.5, 0.6) is 11.5 Å². The third kappa shape index (κ3) is 4.05. The summed E-state index contributed by atoms with van der Waals surface area (Å²) in [7, 11) is 3.32. The molecular weight excluding hydrogens is 340 g/mol. The van der Waals surface area contributed by atoms with Gasteiger partial charge in [-0.25, -0.2) is 0 Å². The van der Waals surface area contributed by atoms with Gasteiger partial charge in [-0.2, -0.15) is 0 Å². The van der Waals surface area contributed by atoms with Crippen molar-refractivity contribution in [3.8, 4) is 11.5 Å². The molecule has 0 bridgehead atoms. The van der Waals surface area contributed by atoms with Gasteiger partial charge in [0.05, 0.1) is 19.6 Å². The highest BCUT2D eigenvalue weighted by molar-refractivity contribution is 9.10. The lowest BCUT2D eigenvalue weighted by Crippen LogP contribution is -2.09. The van der Waals surface area contributed by atoms with Crippen molar-refractivity contribution >= 4 is 27.5 Å². The Morgan fingerprint density at radius 2 is 1.70 bits per heavy atom. The van der Waals surface area contributed by atoms with E-state index in [1.165, 1.54) is 0 Å². The first kappa shape index (κ1) is 17.6. The first-order valence-electron chi connectivity index (χ1n) is 7.15. The maximum Gasteiger partial charge on any atom is 0.141 e. The molecule has 0 aliphatic rings. The summed E-state index contributed by atoms with van der Waals surface area (Å²) in [6.07, 6.45) is 4.56. The number of hydrogen-bond acceptors (Lipinski definition) is 2. The maximum absolute atomic E-state index is 6.74. The Morgan fingerprint density at radius 3 is 2.15 bits per heavy atom. The van der Waals surface area contributed by atoms with Gasteiger partial charge in [0, 0.05) is 5.56 Å². The van der Waals surface area contributed by atoms with Gasteiger partial charge in [0.15, 0.2) is 0 Å². The Morgan fingerprint density at radius 1 is 1.10 bits per heavy atom. The van der Waals surface area contributed by atoms with Gasteiger partial charge in [0.1, 0.15) is 16.0 Å². The van der Waals surface area contributed by atoms with Gasteiger partial charge in [-0.3, -0.25) is 0 Å². The average Bonchev–Trinajstić information content (AvgIpc) is 2.46. The quantitative estimate of drug-likeness (QED) is 0.530. The van der Waals surface area contributed by atoms with Crippen LogP contribution in [-0.4, -0.2) is 14.2 Å². The fourth-order valence-electron chi connectivity index (χ4n) is 2.57. The lowest BCUT2D eigenvalue weighted by atomic mass is 9.90. The van der Waals surface area contributed by atoms with E-state index in [9.17, 15) is 0 Å². The van der Waals surface area contributed by atoms with Gasteiger partial charge in [-0.05, 0) is 40.8 Å². The van der Waals surface area contributed by atoms with E-state index >= 15 is 0 Å². The maximum atomic E-state index is 6.74. The van der Waals surface area contributed by atoms with Crippen LogP contribution >= 0.6 is 27.5 Å². The van der Waals surface area contributed by atoms with Gasteiger partial charge in [0.2, 0.25) is 0 Å². The molecule has 0 fully saturated rings. The van der Waals surface area contributed by atoms with Crippen LogP contribution in [0.3, 0.4) is 0 Å². The van der Waals surface area contributed by atoms with Crippen molar-refractivity contribution in [1.29, 1.82) is 0 Å². The van der Waals surface area contributed by atoms with Gasteiger partial charge < -0.3 is 9.47 Å². The predicted octanol–water partition coefficient (Wildman–Crippen LogP) is 5.96. The third-order valence-electron chi connectivity index (χ3n) is 3.55. The highest BCUT2D eigenvalue weighted by atomic mass is 79.9. The molecule has 0 saturated carbocycles. The Bertz CT molecular complexity index is 417. The lowest BCUT2D eigenvalue weighted by molar-refractivity contribution is 0.374. The average molecular weight is 364 g/mol. The van der Waals surface area contributed by atoms with Crippen LogP contribution in [0.25, 0.3) is 0 Å². The molecule has 20 heavy (non-hydrogen) atoms. The summed E-state index contributed by atoms with van der Waals surface area (Å²) in [5.41, 5.74) is 1.04. The van der Waals surface area contributed by atoms with Gasteiger partial charge in [-0.15, -0.1) is 11.6 Å². The highest BCUT2D eigenvalue weighted by Crippen LogP contribution is 2.45. The van der Waals surface area contributed by atoms with E-state index in [4.69, 9.17) is 21.1 Å². The Kier molecular flexibility index (Phi) is 7.75. The summed E-state index contributed by atoms with van der Waals surface area (Å²) >= 11 is 10.3. The Labute approximate surface area is 135 Å². The smallest absolute Gasteiger partial charge is 0.141 e. The number of halogens is 2. The van der Waals surface area contributed by atoms with E-state index in [-0.39, 0.29) is 5.38 Å². The predicted molar refractivity (Wildman–Crippen MR) is 89.1 cm³/mol. The van der Waals surface area contributed by atoms with Crippen LogP contribution in [0.4, 0.5) is 0 Å².